The Bertz CT molecular complexity index is 1590. The minimum Gasteiger partial charge on any atom is -0.506 e. The van der Waals surface area contributed by atoms with Crippen molar-refractivity contribution in [3.05, 3.63) is 77.4 Å². The normalized spacial score (nSPS) is 14.6. The Morgan fingerprint density at radius 1 is 1.00 bits per heavy atom. The molecule has 0 unspecified atom stereocenters. The summed E-state index contributed by atoms with van der Waals surface area (Å²) in [5.41, 5.74) is 7.45. The molecule has 2 amide bonds. The summed E-state index contributed by atoms with van der Waals surface area (Å²) in [6.07, 6.45) is 0.852. The summed E-state index contributed by atoms with van der Waals surface area (Å²) in [5.74, 6) is -1.68. The average Bonchev–Trinajstić information content (AvgIpc) is 3.11. The number of hydrogen-bond acceptors (Lipinski definition) is 8. The van der Waals surface area contributed by atoms with Crippen LogP contribution in [-0.2, 0) is 14.8 Å². The van der Waals surface area contributed by atoms with Crippen molar-refractivity contribution in [1.29, 1.82) is 0 Å². The van der Waals surface area contributed by atoms with Crippen molar-refractivity contribution in [2.24, 2.45) is 10.2 Å². The fourth-order valence-corrected chi connectivity index (χ4v) is 4.17. The standard InChI is InChI=1S/C26H25N5O5S/c1-15-11-12-20(13-16(15)2)31-26(34)23(17(3)29-31)28-27-19-8-5-7-18(14-19)21-9-6-10-22(24(21)32)25(33)30-37(4,35)36/h5-14,27,32H,1-4H3,(H,30,33). The number of nitrogens with zero attached hydrogens (tertiary/aromatic N) is 3. The van der Waals surface area contributed by atoms with Gasteiger partial charge in [-0.2, -0.15) is 15.2 Å². The quantitative estimate of drug-likeness (QED) is 0.426. The molecule has 0 saturated carbocycles. The van der Waals surface area contributed by atoms with Crippen molar-refractivity contribution >= 4 is 44.6 Å². The Balaban J connectivity index is 1.57. The lowest BCUT2D eigenvalue weighted by atomic mass is 10.0. The highest BCUT2D eigenvalue weighted by molar-refractivity contribution is 7.89. The zero-order valence-corrected chi connectivity index (χ0v) is 21.4. The Morgan fingerprint density at radius 2 is 1.73 bits per heavy atom. The van der Waals surface area contributed by atoms with Crippen LogP contribution in [0.2, 0.25) is 0 Å². The monoisotopic (exact) mass is 519 g/mol. The molecule has 11 heteroatoms. The molecular weight excluding hydrogens is 494 g/mol. The number of hydrogen-bond donors (Lipinski definition) is 3. The van der Waals surface area contributed by atoms with E-state index in [1.54, 1.807) is 37.3 Å². The molecule has 1 heterocycles. The predicted molar refractivity (Wildman–Crippen MR) is 143 cm³/mol. The lowest BCUT2D eigenvalue weighted by Crippen LogP contribution is -2.29. The van der Waals surface area contributed by atoms with Crippen LogP contribution in [0.3, 0.4) is 0 Å². The number of benzene rings is 3. The number of sulfonamides is 1. The van der Waals surface area contributed by atoms with Gasteiger partial charge >= 0.3 is 5.91 Å². The van der Waals surface area contributed by atoms with E-state index in [1.807, 2.05) is 36.8 Å². The van der Waals surface area contributed by atoms with E-state index >= 15 is 0 Å². The maximum atomic E-state index is 13.0. The van der Waals surface area contributed by atoms with E-state index in [0.29, 0.717) is 28.2 Å². The Kier molecular flexibility index (Phi) is 6.82. The molecular formula is C26H25N5O5S. The molecule has 3 aromatic carbocycles. The highest BCUT2D eigenvalue weighted by Gasteiger charge is 2.31. The van der Waals surface area contributed by atoms with Crippen LogP contribution < -0.4 is 15.2 Å². The van der Waals surface area contributed by atoms with Gasteiger partial charge in [-0.15, -0.1) is 0 Å². The molecule has 3 N–H and O–H groups in total. The number of hydrazone groups is 2. The van der Waals surface area contributed by atoms with E-state index < -0.39 is 15.9 Å². The van der Waals surface area contributed by atoms with Crippen molar-refractivity contribution in [2.45, 2.75) is 20.8 Å². The van der Waals surface area contributed by atoms with Crippen LogP contribution in [0.15, 0.2) is 70.9 Å². The molecule has 4 rings (SSSR count). The highest BCUT2D eigenvalue weighted by Crippen LogP contribution is 2.33. The SMILES string of the molecule is CC1=NN(c2ccc(C)c(C)c2)C(=O)C1=NNc1cccc(-c2cccc(C(=O)NS(C)(=O)=O)c2O)c1. The first-order chi connectivity index (χ1) is 17.4. The number of nitrogens with one attached hydrogen (secondary N) is 2. The molecule has 0 radical (unpaired) electrons. The molecule has 1 aliphatic heterocycles. The molecule has 0 atom stereocenters. The largest absolute Gasteiger partial charge is 0.506 e. The number of amides is 2. The first-order valence-electron chi connectivity index (χ1n) is 11.2. The molecule has 0 bridgehead atoms. The van der Waals surface area contributed by atoms with Crippen LogP contribution in [0.1, 0.15) is 28.4 Å². The van der Waals surface area contributed by atoms with Gasteiger partial charge in [0.15, 0.2) is 5.71 Å². The third-order valence-corrected chi connectivity index (χ3v) is 6.31. The van der Waals surface area contributed by atoms with Gasteiger partial charge in [0.25, 0.3) is 5.91 Å². The van der Waals surface area contributed by atoms with Crippen molar-refractivity contribution < 1.29 is 23.1 Å². The summed E-state index contributed by atoms with van der Waals surface area (Å²) in [6.45, 7) is 5.65. The summed E-state index contributed by atoms with van der Waals surface area (Å²) in [5, 5.41) is 20.6. The van der Waals surface area contributed by atoms with Gasteiger partial charge in [0.05, 0.1) is 28.9 Å². The minimum atomic E-state index is -3.80. The third-order valence-electron chi connectivity index (χ3n) is 5.75. The fourth-order valence-electron chi connectivity index (χ4n) is 3.72. The second kappa shape index (κ2) is 9.86. The van der Waals surface area contributed by atoms with Gasteiger partial charge in [-0.3, -0.25) is 15.0 Å². The molecule has 37 heavy (non-hydrogen) atoms. The van der Waals surface area contributed by atoms with Crippen molar-refractivity contribution in [3.8, 4) is 16.9 Å². The smallest absolute Gasteiger partial charge is 0.301 e. The second-order valence-corrected chi connectivity index (χ2v) is 10.4. The molecule has 0 saturated heterocycles. The maximum absolute atomic E-state index is 13.0. The van der Waals surface area contributed by atoms with Crippen LogP contribution in [0.4, 0.5) is 11.4 Å². The number of carbonyl (C=O) groups is 2. The number of carbonyl (C=O) groups excluding carboxylic acids is 2. The first-order valence-corrected chi connectivity index (χ1v) is 13.1. The van der Waals surface area contributed by atoms with E-state index in [2.05, 4.69) is 15.6 Å². The Hall–Kier alpha value is -4.51. The molecule has 1 aliphatic rings. The lowest BCUT2D eigenvalue weighted by molar-refractivity contribution is -0.112. The summed E-state index contributed by atoms with van der Waals surface area (Å²) >= 11 is 0. The average molecular weight is 520 g/mol. The molecule has 0 spiro atoms. The number of aromatic hydroxyl groups is 1. The van der Waals surface area contributed by atoms with Gasteiger partial charge in [0.2, 0.25) is 10.0 Å². The van der Waals surface area contributed by atoms with Crippen molar-refractivity contribution in [1.82, 2.24) is 4.72 Å². The van der Waals surface area contributed by atoms with Gasteiger partial charge in [-0.05, 0) is 67.8 Å². The van der Waals surface area contributed by atoms with Gasteiger partial charge < -0.3 is 5.11 Å². The van der Waals surface area contributed by atoms with E-state index in [1.165, 1.54) is 17.1 Å². The number of anilines is 2. The molecule has 3 aromatic rings. The molecule has 10 nitrogen and oxygen atoms in total. The van der Waals surface area contributed by atoms with Crippen LogP contribution >= 0.6 is 0 Å². The number of para-hydroxylation sites is 1. The Morgan fingerprint density at radius 3 is 2.43 bits per heavy atom. The van der Waals surface area contributed by atoms with Crippen LogP contribution in [0.25, 0.3) is 11.1 Å². The van der Waals surface area contributed by atoms with E-state index in [-0.39, 0.29) is 22.9 Å². The number of aryl methyl sites for hydroxylation is 2. The third kappa shape index (κ3) is 5.51. The van der Waals surface area contributed by atoms with E-state index in [0.717, 1.165) is 17.4 Å². The van der Waals surface area contributed by atoms with Crippen LogP contribution in [-0.4, -0.2) is 43.0 Å². The summed E-state index contributed by atoms with van der Waals surface area (Å²) < 4.78 is 24.7. The number of phenolic OH excluding ortho intramolecular Hbond substituents is 1. The lowest BCUT2D eigenvalue weighted by Gasteiger charge is -2.13. The maximum Gasteiger partial charge on any atom is 0.301 e. The van der Waals surface area contributed by atoms with Gasteiger partial charge in [-0.25, -0.2) is 13.1 Å². The van der Waals surface area contributed by atoms with Crippen molar-refractivity contribution in [3.63, 3.8) is 0 Å². The highest BCUT2D eigenvalue weighted by atomic mass is 32.2. The first kappa shape index (κ1) is 25.6. The van der Waals surface area contributed by atoms with Gasteiger partial charge in [0.1, 0.15) is 5.75 Å². The van der Waals surface area contributed by atoms with E-state index in [9.17, 15) is 23.1 Å². The van der Waals surface area contributed by atoms with Crippen LogP contribution in [0.5, 0.6) is 5.75 Å². The predicted octanol–water partition coefficient (Wildman–Crippen LogP) is 3.56. The van der Waals surface area contributed by atoms with Gasteiger partial charge in [0, 0.05) is 5.56 Å². The summed E-state index contributed by atoms with van der Waals surface area (Å²) in [4.78, 5) is 25.3. The molecule has 0 aliphatic carbocycles. The second-order valence-electron chi connectivity index (χ2n) is 8.63. The molecule has 0 fully saturated rings. The summed E-state index contributed by atoms with van der Waals surface area (Å²) in [6, 6.07) is 16.9. The number of rotatable bonds is 6. The topological polar surface area (TPSA) is 141 Å². The van der Waals surface area contributed by atoms with Crippen molar-refractivity contribution in [2.75, 3.05) is 16.7 Å². The molecule has 0 aromatic heterocycles. The zero-order valence-electron chi connectivity index (χ0n) is 20.6. The molecule has 190 valence electrons. The Labute approximate surface area is 214 Å². The fraction of sp³-hybridized carbons (Fsp3) is 0.154. The van der Waals surface area contributed by atoms with Gasteiger partial charge in [-0.1, -0.05) is 30.3 Å². The van der Waals surface area contributed by atoms with E-state index in [4.69, 9.17) is 0 Å². The zero-order chi connectivity index (χ0) is 26.9. The number of phenols is 1. The van der Waals surface area contributed by atoms with Crippen LogP contribution in [0, 0.1) is 13.8 Å². The summed E-state index contributed by atoms with van der Waals surface area (Å²) in [7, 11) is -3.80. The minimum absolute atomic E-state index is 0.158.